The molecule has 3 nitrogen and oxygen atoms in total. The molecule has 0 radical (unpaired) electrons. The van der Waals surface area contributed by atoms with Crippen LogP contribution in [0.5, 0.6) is 0 Å². The van der Waals surface area contributed by atoms with E-state index in [1.807, 2.05) is 18.2 Å². The molecule has 2 N–H and O–H groups in total. The SMILES string of the molecule is N[C@@H](Cc1ccccc1)[C@H]1OC(=O)[C@@H]2CCC[C@H]12. The molecule has 0 bridgehead atoms. The first kappa shape index (κ1) is 11.7. The minimum absolute atomic E-state index is 0.0222. The monoisotopic (exact) mass is 245 g/mol. The van der Waals surface area contributed by atoms with Crippen molar-refractivity contribution >= 4 is 5.97 Å². The third kappa shape index (κ3) is 2.03. The van der Waals surface area contributed by atoms with Crippen molar-refractivity contribution in [2.75, 3.05) is 0 Å². The molecular weight excluding hydrogens is 226 g/mol. The fourth-order valence-corrected chi connectivity index (χ4v) is 3.39. The summed E-state index contributed by atoms with van der Waals surface area (Å²) < 4.78 is 5.50. The van der Waals surface area contributed by atoms with Crippen LogP contribution >= 0.6 is 0 Å². The van der Waals surface area contributed by atoms with Gasteiger partial charge in [0, 0.05) is 12.0 Å². The van der Waals surface area contributed by atoms with Gasteiger partial charge < -0.3 is 10.5 Å². The van der Waals surface area contributed by atoms with Crippen LogP contribution in [0.25, 0.3) is 0 Å². The van der Waals surface area contributed by atoms with E-state index >= 15 is 0 Å². The van der Waals surface area contributed by atoms with Gasteiger partial charge in [-0.2, -0.15) is 0 Å². The predicted molar refractivity (Wildman–Crippen MR) is 68.8 cm³/mol. The Labute approximate surface area is 107 Å². The fraction of sp³-hybridized carbons (Fsp3) is 0.533. The Morgan fingerprint density at radius 3 is 2.83 bits per heavy atom. The molecule has 2 aliphatic rings. The number of esters is 1. The normalized spacial score (nSPS) is 32.1. The van der Waals surface area contributed by atoms with Crippen molar-refractivity contribution in [2.45, 2.75) is 37.8 Å². The number of cyclic esters (lactones) is 1. The Bertz CT molecular complexity index is 431. The highest BCUT2D eigenvalue weighted by Crippen LogP contribution is 2.42. The fourth-order valence-electron chi connectivity index (χ4n) is 3.39. The second-order valence-corrected chi connectivity index (χ2v) is 5.46. The third-order valence-electron chi connectivity index (χ3n) is 4.28. The highest BCUT2D eigenvalue weighted by Gasteiger charge is 2.48. The van der Waals surface area contributed by atoms with E-state index in [2.05, 4.69) is 12.1 Å². The van der Waals surface area contributed by atoms with Crippen LogP contribution in [0.1, 0.15) is 24.8 Å². The van der Waals surface area contributed by atoms with E-state index < -0.39 is 0 Å². The van der Waals surface area contributed by atoms with E-state index in [0.717, 1.165) is 25.7 Å². The van der Waals surface area contributed by atoms with Crippen LogP contribution in [0, 0.1) is 11.8 Å². The Morgan fingerprint density at radius 1 is 1.28 bits per heavy atom. The maximum atomic E-state index is 11.7. The van der Waals surface area contributed by atoms with Crippen molar-refractivity contribution in [3.63, 3.8) is 0 Å². The van der Waals surface area contributed by atoms with Crippen molar-refractivity contribution < 1.29 is 9.53 Å². The van der Waals surface area contributed by atoms with Gasteiger partial charge in [-0.05, 0) is 24.8 Å². The summed E-state index contributed by atoms with van der Waals surface area (Å²) in [4.78, 5) is 11.7. The molecule has 0 spiro atoms. The first-order chi connectivity index (χ1) is 8.75. The van der Waals surface area contributed by atoms with Crippen LogP contribution < -0.4 is 5.73 Å². The molecule has 1 saturated carbocycles. The lowest BCUT2D eigenvalue weighted by atomic mass is 9.88. The molecule has 3 rings (SSSR count). The lowest BCUT2D eigenvalue weighted by Crippen LogP contribution is -2.40. The summed E-state index contributed by atoms with van der Waals surface area (Å²) in [7, 11) is 0. The number of benzene rings is 1. The standard InChI is InChI=1S/C15H19NO2/c16-13(9-10-5-2-1-3-6-10)14-11-7-4-8-12(11)15(17)18-14/h1-3,5-6,11-14H,4,7-9,16H2/t11-,12+,13-,14-/m0/s1. The predicted octanol–water partition coefficient (Wildman–Crippen LogP) is 1.90. The molecule has 4 atom stereocenters. The van der Waals surface area contributed by atoms with Crippen LogP contribution in [0.2, 0.25) is 0 Å². The van der Waals surface area contributed by atoms with Crippen LogP contribution in [0.3, 0.4) is 0 Å². The van der Waals surface area contributed by atoms with Gasteiger partial charge in [0.1, 0.15) is 6.10 Å². The Hall–Kier alpha value is -1.35. The van der Waals surface area contributed by atoms with Gasteiger partial charge in [0.2, 0.25) is 0 Å². The number of carbonyl (C=O) groups excluding carboxylic acids is 1. The summed E-state index contributed by atoms with van der Waals surface area (Å²) in [5.41, 5.74) is 7.46. The van der Waals surface area contributed by atoms with Crippen LogP contribution in [-0.4, -0.2) is 18.1 Å². The summed E-state index contributed by atoms with van der Waals surface area (Å²) in [6.07, 6.45) is 3.91. The first-order valence-corrected chi connectivity index (χ1v) is 6.75. The highest BCUT2D eigenvalue weighted by atomic mass is 16.6. The number of rotatable bonds is 3. The van der Waals surface area contributed by atoms with Crippen molar-refractivity contribution in [2.24, 2.45) is 17.6 Å². The summed E-state index contributed by atoms with van der Waals surface area (Å²) >= 11 is 0. The number of hydrogen-bond acceptors (Lipinski definition) is 3. The van der Waals surface area contributed by atoms with Gasteiger partial charge in [-0.25, -0.2) is 0 Å². The topological polar surface area (TPSA) is 52.3 Å². The third-order valence-corrected chi connectivity index (χ3v) is 4.28. The Balaban J connectivity index is 1.69. The quantitative estimate of drug-likeness (QED) is 0.827. The second-order valence-electron chi connectivity index (χ2n) is 5.46. The molecule has 96 valence electrons. The molecule has 18 heavy (non-hydrogen) atoms. The van der Waals surface area contributed by atoms with Crippen LogP contribution in [0.4, 0.5) is 0 Å². The molecular formula is C15H19NO2. The minimum Gasteiger partial charge on any atom is -0.460 e. The molecule has 0 unspecified atom stereocenters. The average molecular weight is 245 g/mol. The number of ether oxygens (including phenoxy) is 1. The molecule has 1 aromatic rings. The first-order valence-electron chi connectivity index (χ1n) is 6.75. The van der Waals surface area contributed by atoms with E-state index in [1.54, 1.807) is 0 Å². The lowest BCUT2D eigenvalue weighted by molar-refractivity contribution is -0.145. The van der Waals surface area contributed by atoms with E-state index in [4.69, 9.17) is 10.5 Å². The summed E-state index contributed by atoms with van der Waals surface area (Å²) in [5, 5.41) is 0. The highest BCUT2D eigenvalue weighted by molar-refractivity contribution is 5.75. The van der Waals surface area contributed by atoms with Gasteiger partial charge in [-0.15, -0.1) is 0 Å². The second kappa shape index (κ2) is 4.73. The van der Waals surface area contributed by atoms with Crippen molar-refractivity contribution in [1.82, 2.24) is 0 Å². The minimum atomic E-state index is -0.0792. The van der Waals surface area contributed by atoms with Crippen molar-refractivity contribution in [3.8, 4) is 0 Å². The molecule has 1 heterocycles. The van der Waals surface area contributed by atoms with E-state index in [0.29, 0.717) is 5.92 Å². The molecule has 3 heteroatoms. The zero-order chi connectivity index (χ0) is 12.5. The van der Waals surface area contributed by atoms with Gasteiger partial charge >= 0.3 is 5.97 Å². The van der Waals surface area contributed by atoms with E-state index in [-0.39, 0.29) is 24.0 Å². The largest absolute Gasteiger partial charge is 0.460 e. The average Bonchev–Trinajstić information content (AvgIpc) is 2.95. The van der Waals surface area contributed by atoms with Gasteiger partial charge in [0.05, 0.1) is 5.92 Å². The maximum Gasteiger partial charge on any atom is 0.309 e. The van der Waals surface area contributed by atoms with Crippen molar-refractivity contribution in [1.29, 1.82) is 0 Å². The molecule has 1 saturated heterocycles. The van der Waals surface area contributed by atoms with Gasteiger partial charge in [-0.1, -0.05) is 36.8 Å². The number of hydrogen-bond donors (Lipinski definition) is 1. The van der Waals surface area contributed by atoms with Gasteiger partial charge in [0.25, 0.3) is 0 Å². The number of fused-ring (bicyclic) bond motifs is 1. The zero-order valence-corrected chi connectivity index (χ0v) is 10.4. The van der Waals surface area contributed by atoms with Crippen LogP contribution in [0.15, 0.2) is 30.3 Å². The van der Waals surface area contributed by atoms with E-state index in [9.17, 15) is 4.79 Å². The molecule has 2 fully saturated rings. The van der Waals surface area contributed by atoms with Gasteiger partial charge in [-0.3, -0.25) is 4.79 Å². The molecule has 0 aromatic heterocycles. The smallest absolute Gasteiger partial charge is 0.309 e. The maximum absolute atomic E-state index is 11.7. The molecule has 1 aliphatic heterocycles. The summed E-state index contributed by atoms with van der Waals surface area (Å²) in [6.45, 7) is 0. The molecule has 0 amide bonds. The number of nitrogens with two attached hydrogens (primary N) is 1. The van der Waals surface area contributed by atoms with Crippen LogP contribution in [-0.2, 0) is 16.0 Å². The molecule has 1 aliphatic carbocycles. The van der Waals surface area contributed by atoms with Crippen molar-refractivity contribution in [3.05, 3.63) is 35.9 Å². The summed E-state index contributed by atoms with van der Waals surface area (Å²) in [5.74, 6) is 0.457. The summed E-state index contributed by atoms with van der Waals surface area (Å²) in [6, 6.07) is 10.1. The number of carbonyl (C=O) groups is 1. The lowest BCUT2D eigenvalue weighted by Gasteiger charge is -2.23. The molecule has 1 aromatic carbocycles. The Kier molecular flexibility index (Phi) is 3.08. The zero-order valence-electron chi connectivity index (χ0n) is 10.4. The van der Waals surface area contributed by atoms with Gasteiger partial charge in [0.15, 0.2) is 0 Å². The Morgan fingerprint density at radius 2 is 2.06 bits per heavy atom. The van der Waals surface area contributed by atoms with E-state index in [1.165, 1.54) is 5.56 Å².